The second kappa shape index (κ2) is 10.7. The van der Waals surface area contributed by atoms with Crippen LogP contribution in [0.1, 0.15) is 33.6 Å². The number of nitrogens with one attached hydrogen (secondary N) is 2. The number of ether oxygens (including phenoxy) is 1. The number of hydrogen-bond donors (Lipinski definition) is 2. The predicted octanol–water partition coefficient (Wildman–Crippen LogP) is 1.23. The third-order valence-corrected chi connectivity index (χ3v) is 4.13. The van der Waals surface area contributed by atoms with Gasteiger partial charge in [-0.15, -0.1) is 24.0 Å². The Morgan fingerprint density at radius 1 is 1.29 bits per heavy atom. The molecule has 0 aromatic rings. The van der Waals surface area contributed by atoms with Crippen LogP contribution in [0.25, 0.3) is 0 Å². The van der Waals surface area contributed by atoms with E-state index in [-0.39, 0.29) is 41.8 Å². The van der Waals surface area contributed by atoms with Gasteiger partial charge in [0.1, 0.15) is 0 Å². The lowest BCUT2D eigenvalue weighted by molar-refractivity contribution is -0.146. The van der Waals surface area contributed by atoms with E-state index in [1.807, 2.05) is 20.8 Å². The van der Waals surface area contributed by atoms with Gasteiger partial charge in [0, 0.05) is 26.7 Å². The number of aliphatic imine (C=N–C) groups is 1. The first-order chi connectivity index (χ1) is 10.9. The average Bonchev–Trinajstić information content (AvgIpc) is 2.57. The number of esters is 1. The molecule has 0 spiro atoms. The van der Waals surface area contributed by atoms with Crippen LogP contribution in [0.4, 0.5) is 0 Å². The largest absolute Gasteiger partial charge is 0.469 e. The van der Waals surface area contributed by atoms with Crippen molar-refractivity contribution in [1.29, 1.82) is 0 Å². The Balaban J connectivity index is 0.00000529. The molecule has 0 atom stereocenters. The van der Waals surface area contributed by atoms with E-state index >= 15 is 0 Å². The minimum atomic E-state index is -0.556. The molecular formula is C16H31IN4O3. The monoisotopic (exact) mass is 454 g/mol. The third-order valence-electron chi connectivity index (χ3n) is 4.13. The zero-order valence-corrected chi connectivity index (χ0v) is 17.7. The van der Waals surface area contributed by atoms with Crippen LogP contribution in [-0.2, 0) is 14.3 Å². The summed E-state index contributed by atoms with van der Waals surface area (Å²) in [5.74, 6) is 0.614. The summed E-state index contributed by atoms with van der Waals surface area (Å²) in [6.07, 6.45) is 1.52. The summed E-state index contributed by atoms with van der Waals surface area (Å²) in [7, 11) is 3.07. The van der Waals surface area contributed by atoms with Crippen molar-refractivity contribution in [2.75, 3.05) is 40.3 Å². The van der Waals surface area contributed by atoms with E-state index in [0.717, 1.165) is 38.4 Å². The van der Waals surface area contributed by atoms with Gasteiger partial charge in [-0.2, -0.15) is 0 Å². The Labute approximate surface area is 162 Å². The molecule has 0 saturated carbocycles. The minimum absolute atomic E-state index is 0. The number of rotatable bonds is 5. The zero-order chi connectivity index (χ0) is 17.5. The number of hydrogen-bond acceptors (Lipinski definition) is 4. The van der Waals surface area contributed by atoms with E-state index in [9.17, 15) is 9.59 Å². The fourth-order valence-electron chi connectivity index (χ4n) is 2.60. The van der Waals surface area contributed by atoms with Crippen LogP contribution in [0.15, 0.2) is 4.99 Å². The summed E-state index contributed by atoms with van der Waals surface area (Å²) in [5, 5.41) is 5.94. The van der Waals surface area contributed by atoms with Gasteiger partial charge in [-0.1, -0.05) is 0 Å². The topological polar surface area (TPSA) is 83.0 Å². The zero-order valence-electron chi connectivity index (χ0n) is 15.3. The lowest BCUT2D eigenvalue weighted by Crippen LogP contribution is -2.47. The van der Waals surface area contributed by atoms with Crippen molar-refractivity contribution in [1.82, 2.24) is 15.5 Å². The molecule has 140 valence electrons. The first-order valence-corrected chi connectivity index (χ1v) is 8.19. The van der Waals surface area contributed by atoms with E-state index in [1.54, 1.807) is 7.05 Å². The number of guanidine groups is 1. The van der Waals surface area contributed by atoms with Crippen molar-refractivity contribution >= 4 is 41.8 Å². The lowest BCUT2D eigenvalue weighted by Gasteiger charge is -2.33. The maximum Gasteiger partial charge on any atom is 0.308 e. The van der Waals surface area contributed by atoms with E-state index in [2.05, 4.69) is 20.5 Å². The van der Waals surface area contributed by atoms with Crippen molar-refractivity contribution in [3.63, 3.8) is 0 Å². The molecule has 1 fully saturated rings. The predicted molar refractivity (Wildman–Crippen MR) is 106 cm³/mol. The van der Waals surface area contributed by atoms with Crippen LogP contribution < -0.4 is 10.6 Å². The lowest BCUT2D eigenvalue weighted by atomic mass is 9.92. The number of methoxy groups -OCH3 is 1. The summed E-state index contributed by atoms with van der Waals surface area (Å²) in [6, 6.07) is 0. The second-order valence-electron chi connectivity index (χ2n) is 6.42. The molecule has 1 saturated heterocycles. The molecule has 1 heterocycles. The first-order valence-electron chi connectivity index (χ1n) is 8.19. The van der Waals surface area contributed by atoms with Crippen molar-refractivity contribution in [3.8, 4) is 0 Å². The molecule has 1 aliphatic rings. The number of amides is 1. The van der Waals surface area contributed by atoms with Crippen molar-refractivity contribution < 1.29 is 14.3 Å². The number of carbonyl (C=O) groups is 2. The quantitative estimate of drug-likeness (QED) is 0.283. The van der Waals surface area contributed by atoms with Gasteiger partial charge in [-0.25, -0.2) is 0 Å². The average molecular weight is 454 g/mol. The van der Waals surface area contributed by atoms with Crippen LogP contribution in [0.5, 0.6) is 0 Å². The molecule has 0 radical (unpaired) electrons. The van der Waals surface area contributed by atoms with Crippen LogP contribution in [0.2, 0.25) is 0 Å². The van der Waals surface area contributed by atoms with E-state index < -0.39 is 5.41 Å². The number of nitrogens with zero attached hydrogens (tertiary/aromatic N) is 2. The van der Waals surface area contributed by atoms with Gasteiger partial charge in [0.05, 0.1) is 25.0 Å². The van der Waals surface area contributed by atoms with Crippen LogP contribution in [-0.4, -0.2) is 63.1 Å². The SMILES string of the molecule is CCNC(=NCC(C)(C)C(=O)NC)N1CCC(C(=O)OC)CC1.I. The summed E-state index contributed by atoms with van der Waals surface area (Å²) in [5.41, 5.74) is -0.556. The van der Waals surface area contributed by atoms with Gasteiger partial charge in [0.25, 0.3) is 0 Å². The van der Waals surface area contributed by atoms with E-state index in [4.69, 9.17) is 4.74 Å². The normalized spacial score (nSPS) is 16.2. The Hall–Kier alpha value is -1.06. The summed E-state index contributed by atoms with van der Waals surface area (Å²) < 4.78 is 4.82. The van der Waals surface area contributed by atoms with Crippen molar-refractivity contribution in [3.05, 3.63) is 0 Å². The number of halogens is 1. The van der Waals surface area contributed by atoms with Crippen LogP contribution in [0, 0.1) is 11.3 Å². The van der Waals surface area contributed by atoms with Gasteiger partial charge in [-0.05, 0) is 33.6 Å². The van der Waals surface area contributed by atoms with Crippen LogP contribution in [0.3, 0.4) is 0 Å². The molecule has 7 nitrogen and oxygen atoms in total. The highest BCUT2D eigenvalue weighted by molar-refractivity contribution is 14.0. The highest BCUT2D eigenvalue weighted by Gasteiger charge is 2.29. The molecule has 8 heteroatoms. The molecular weight excluding hydrogens is 423 g/mol. The fourth-order valence-corrected chi connectivity index (χ4v) is 2.60. The van der Waals surface area contributed by atoms with Gasteiger partial charge in [0.15, 0.2) is 5.96 Å². The minimum Gasteiger partial charge on any atom is -0.469 e. The molecule has 0 unspecified atom stereocenters. The number of likely N-dealkylation sites (tertiary alicyclic amines) is 1. The standard InChI is InChI=1S/C16H30N4O3.HI/c1-6-18-15(19-11-16(2,3)14(22)17-4)20-9-7-12(8-10-20)13(21)23-5;/h12H,6-11H2,1-5H3,(H,17,22)(H,18,19);1H. The van der Waals surface area contributed by atoms with E-state index in [1.165, 1.54) is 7.11 Å². The van der Waals surface area contributed by atoms with Crippen molar-refractivity contribution in [2.45, 2.75) is 33.6 Å². The Bertz CT molecular complexity index is 447. The molecule has 0 aromatic carbocycles. The highest BCUT2D eigenvalue weighted by atomic mass is 127. The third kappa shape index (κ3) is 6.45. The Morgan fingerprint density at radius 3 is 2.33 bits per heavy atom. The molecule has 0 aliphatic carbocycles. The van der Waals surface area contributed by atoms with Gasteiger partial charge < -0.3 is 20.3 Å². The molecule has 24 heavy (non-hydrogen) atoms. The first kappa shape index (κ1) is 22.9. The molecule has 1 rings (SSSR count). The molecule has 1 aliphatic heterocycles. The van der Waals surface area contributed by atoms with Crippen LogP contribution >= 0.6 is 24.0 Å². The fraction of sp³-hybridized carbons (Fsp3) is 0.812. The van der Waals surface area contributed by atoms with Gasteiger partial charge in [-0.3, -0.25) is 14.6 Å². The number of carbonyl (C=O) groups excluding carboxylic acids is 2. The maximum atomic E-state index is 11.9. The number of piperidine rings is 1. The molecule has 0 aromatic heterocycles. The maximum absolute atomic E-state index is 11.9. The summed E-state index contributed by atoms with van der Waals surface area (Å²) >= 11 is 0. The molecule has 1 amide bonds. The molecule has 0 bridgehead atoms. The summed E-state index contributed by atoms with van der Waals surface area (Å²) in [6.45, 7) is 8.45. The Morgan fingerprint density at radius 2 is 1.88 bits per heavy atom. The van der Waals surface area contributed by atoms with Gasteiger partial charge in [0.2, 0.25) is 5.91 Å². The van der Waals surface area contributed by atoms with E-state index in [0.29, 0.717) is 6.54 Å². The van der Waals surface area contributed by atoms with Gasteiger partial charge >= 0.3 is 5.97 Å². The highest BCUT2D eigenvalue weighted by Crippen LogP contribution is 2.20. The summed E-state index contributed by atoms with van der Waals surface area (Å²) in [4.78, 5) is 30.2. The second-order valence-corrected chi connectivity index (χ2v) is 6.42. The molecule has 2 N–H and O–H groups in total. The Kier molecular flexibility index (Phi) is 10.3. The van der Waals surface area contributed by atoms with Crippen molar-refractivity contribution in [2.24, 2.45) is 16.3 Å². The smallest absolute Gasteiger partial charge is 0.308 e.